The van der Waals surface area contributed by atoms with Crippen LogP contribution in [0, 0.1) is 0 Å². The summed E-state index contributed by atoms with van der Waals surface area (Å²) in [4.78, 5) is 6.09. The zero-order valence-electron chi connectivity index (χ0n) is 10.3. The first kappa shape index (κ1) is 12.9. The number of nitrogens with zero attached hydrogens (tertiary/aromatic N) is 2. The van der Waals surface area contributed by atoms with Crippen molar-refractivity contribution in [1.29, 1.82) is 0 Å². The van der Waals surface area contributed by atoms with Crippen LogP contribution in [0.25, 0.3) is 0 Å². The zero-order valence-corrected chi connectivity index (χ0v) is 10.3. The molecule has 0 aliphatic carbocycles. The fourth-order valence-electron chi connectivity index (χ4n) is 1.54. The minimum Gasteiger partial charge on any atom is -0.389 e. The highest BCUT2D eigenvalue weighted by atomic mass is 16.3. The summed E-state index contributed by atoms with van der Waals surface area (Å²) in [6, 6.07) is 3.68. The normalized spacial score (nSPS) is 13.6. The number of aliphatic hydroxyl groups excluding tert-OH is 1. The highest BCUT2D eigenvalue weighted by Gasteiger charge is 2.16. The zero-order chi connectivity index (χ0) is 12.3. The van der Waals surface area contributed by atoms with Crippen molar-refractivity contribution in [2.75, 3.05) is 18.5 Å². The first-order chi connectivity index (χ1) is 7.29. The molecule has 0 fully saturated rings. The van der Waals surface area contributed by atoms with Crippen molar-refractivity contribution in [3.8, 4) is 0 Å². The second-order valence-electron chi connectivity index (χ2n) is 4.79. The van der Waals surface area contributed by atoms with Crippen molar-refractivity contribution in [1.82, 2.24) is 4.98 Å². The van der Waals surface area contributed by atoms with Gasteiger partial charge < -0.3 is 15.1 Å². The summed E-state index contributed by atoms with van der Waals surface area (Å²) in [7, 11) is 1.90. The van der Waals surface area contributed by atoms with E-state index in [1.54, 1.807) is 33.0 Å². The second-order valence-corrected chi connectivity index (χ2v) is 4.79. The Labute approximate surface area is 96.6 Å². The van der Waals surface area contributed by atoms with Gasteiger partial charge in [-0.15, -0.1) is 0 Å². The average Bonchev–Trinajstić information content (AvgIpc) is 2.15. The molecule has 4 nitrogen and oxygen atoms in total. The molecule has 0 aliphatic rings. The second kappa shape index (κ2) is 4.80. The minimum atomic E-state index is -0.738. The predicted octanol–water partition coefficient (Wildman–Crippen LogP) is 1.34. The number of aromatic nitrogens is 1. The van der Waals surface area contributed by atoms with Gasteiger partial charge in [-0.3, -0.25) is 4.98 Å². The van der Waals surface area contributed by atoms with Crippen LogP contribution in [0.4, 0.5) is 5.69 Å². The molecule has 0 saturated heterocycles. The maximum absolute atomic E-state index is 9.69. The van der Waals surface area contributed by atoms with E-state index in [0.717, 1.165) is 5.69 Å². The summed E-state index contributed by atoms with van der Waals surface area (Å²) in [5.41, 5.74) is 0.837. The summed E-state index contributed by atoms with van der Waals surface area (Å²) in [5, 5.41) is 19.0. The highest BCUT2D eigenvalue weighted by molar-refractivity contribution is 5.44. The van der Waals surface area contributed by atoms with Gasteiger partial charge in [-0.25, -0.2) is 0 Å². The maximum Gasteiger partial charge on any atom is 0.0931 e. The summed E-state index contributed by atoms with van der Waals surface area (Å²) in [5.74, 6) is 0. The van der Waals surface area contributed by atoms with E-state index in [1.807, 2.05) is 18.0 Å². The number of hydrogen-bond acceptors (Lipinski definition) is 4. The highest BCUT2D eigenvalue weighted by Crippen LogP contribution is 2.17. The van der Waals surface area contributed by atoms with Crippen LogP contribution in [-0.4, -0.2) is 34.4 Å². The van der Waals surface area contributed by atoms with Crippen LogP contribution in [-0.2, 0) is 0 Å². The van der Waals surface area contributed by atoms with E-state index in [9.17, 15) is 10.2 Å². The fourth-order valence-corrected chi connectivity index (χ4v) is 1.54. The monoisotopic (exact) mass is 224 g/mol. The number of rotatable bonds is 4. The van der Waals surface area contributed by atoms with Crippen LogP contribution in [0.3, 0.4) is 0 Å². The summed E-state index contributed by atoms with van der Waals surface area (Å²) < 4.78 is 0. The standard InChI is InChI=1S/C12H20N2O2/c1-9(15)11-6-5-10(7-13-11)14(4)8-12(2,3)16/h5-7,9,15-16H,8H2,1-4H3/t9-/m1/s1. The molecule has 1 aromatic rings. The minimum absolute atomic E-state index is 0.530. The molecule has 2 N–H and O–H groups in total. The molecule has 1 atom stereocenters. The van der Waals surface area contributed by atoms with Crippen molar-refractivity contribution < 1.29 is 10.2 Å². The van der Waals surface area contributed by atoms with E-state index >= 15 is 0 Å². The first-order valence-corrected chi connectivity index (χ1v) is 5.37. The lowest BCUT2D eigenvalue weighted by atomic mass is 10.1. The Kier molecular flexibility index (Phi) is 3.88. The lowest BCUT2D eigenvalue weighted by Gasteiger charge is -2.27. The number of pyridine rings is 1. The Morgan fingerprint density at radius 2 is 2.06 bits per heavy atom. The van der Waals surface area contributed by atoms with E-state index in [4.69, 9.17) is 0 Å². The predicted molar refractivity (Wildman–Crippen MR) is 64.4 cm³/mol. The molecule has 0 spiro atoms. The van der Waals surface area contributed by atoms with Crippen molar-refractivity contribution in [2.45, 2.75) is 32.5 Å². The van der Waals surface area contributed by atoms with Gasteiger partial charge in [0.05, 0.1) is 29.3 Å². The third-order valence-electron chi connectivity index (χ3n) is 2.26. The third kappa shape index (κ3) is 3.79. The topological polar surface area (TPSA) is 56.6 Å². The molecule has 4 heteroatoms. The van der Waals surface area contributed by atoms with Gasteiger partial charge in [0, 0.05) is 13.6 Å². The third-order valence-corrected chi connectivity index (χ3v) is 2.26. The van der Waals surface area contributed by atoms with Gasteiger partial charge in [-0.1, -0.05) is 0 Å². The molecule has 0 aromatic carbocycles. The Hall–Kier alpha value is -1.13. The van der Waals surface area contributed by atoms with Gasteiger partial charge in [-0.2, -0.15) is 0 Å². The van der Waals surface area contributed by atoms with E-state index in [2.05, 4.69) is 4.98 Å². The summed E-state index contributed by atoms with van der Waals surface area (Å²) >= 11 is 0. The van der Waals surface area contributed by atoms with Crippen LogP contribution in [0.2, 0.25) is 0 Å². The van der Waals surface area contributed by atoms with E-state index in [-0.39, 0.29) is 0 Å². The molecule has 0 saturated carbocycles. The number of anilines is 1. The van der Waals surface area contributed by atoms with Gasteiger partial charge in [-0.05, 0) is 32.9 Å². The molecule has 0 radical (unpaired) electrons. The quantitative estimate of drug-likeness (QED) is 0.810. The molecule has 1 rings (SSSR count). The lowest BCUT2D eigenvalue weighted by Crippen LogP contribution is -2.36. The first-order valence-electron chi connectivity index (χ1n) is 5.37. The fraction of sp³-hybridized carbons (Fsp3) is 0.583. The Morgan fingerprint density at radius 1 is 1.44 bits per heavy atom. The van der Waals surface area contributed by atoms with Gasteiger partial charge in [0.2, 0.25) is 0 Å². The van der Waals surface area contributed by atoms with Gasteiger partial charge in [0.25, 0.3) is 0 Å². The number of hydrogen-bond donors (Lipinski definition) is 2. The number of likely N-dealkylation sites (N-methyl/N-ethyl adjacent to an activating group) is 1. The van der Waals surface area contributed by atoms with Crippen molar-refractivity contribution in [3.63, 3.8) is 0 Å². The molecule has 1 aromatic heterocycles. The van der Waals surface area contributed by atoms with Crippen LogP contribution in [0.15, 0.2) is 18.3 Å². The molecule has 16 heavy (non-hydrogen) atoms. The van der Waals surface area contributed by atoms with Gasteiger partial charge in [0.1, 0.15) is 0 Å². The average molecular weight is 224 g/mol. The molecule has 0 amide bonds. The van der Waals surface area contributed by atoms with E-state index < -0.39 is 11.7 Å². The van der Waals surface area contributed by atoms with Crippen LogP contribution >= 0.6 is 0 Å². The van der Waals surface area contributed by atoms with E-state index in [0.29, 0.717) is 12.2 Å². The van der Waals surface area contributed by atoms with Gasteiger partial charge >= 0.3 is 0 Å². The van der Waals surface area contributed by atoms with Crippen LogP contribution in [0.5, 0.6) is 0 Å². The Bertz CT molecular complexity index is 328. The molecule has 0 aliphatic heterocycles. The SMILES string of the molecule is C[C@@H](O)c1ccc(N(C)CC(C)(C)O)cn1. The molecule has 0 unspecified atom stereocenters. The largest absolute Gasteiger partial charge is 0.389 e. The molecular weight excluding hydrogens is 204 g/mol. The van der Waals surface area contributed by atoms with Gasteiger partial charge in [0.15, 0.2) is 0 Å². The maximum atomic E-state index is 9.69. The van der Waals surface area contributed by atoms with E-state index in [1.165, 1.54) is 0 Å². The summed E-state index contributed by atoms with van der Waals surface area (Å²) in [6.07, 6.45) is 1.15. The molecule has 0 bridgehead atoms. The Morgan fingerprint density at radius 3 is 2.44 bits per heavy atom. The molecule has 90 valence electrons. The Balaban J connectivity index is 2.74. The van der Waals surface area contributed by atoms with Crippen LogP contribution < -0.4 is 4.90 Å². The molecular formula is C12H20N2O2. The van der Waals surface area contributed by atoms with Crippen LogP contribution in [0.1, 0.15) is 32.6 Å². The van der Waals surface area contributed by atoms with Crippen molar-refractivity contribution >= 4 is 5.69 Å². The molecule has 1 heterocycles. The lowest BCUT2D eigenvalue weighted by molar-refractivity contribution is 0.0886. The number of aliphatic hydroxyl groups is 2. The smallest absolute Gasteiger partial charge is 0.0931 e. The van der Waals surface area contributed by atoms with Crippen molar-refractivity contribution in [3.05, 3.63) is 24.0 Å². The summed E-state index contributed by atoms with van der Waals surface area (Å²) in [6.45, 7) is 5.74. The van der Waals surface area contributed by atoms with Crippen molar-refractivity contribution in [2.24, 2.45) is 0 Å².